The molecule has 4 saturated carbocycles. The van der Waals surface area contributed by atoms with Crippen molar-refractivity contribution in [1.29, 1.82) is 0 Å². The predicted molar refractivity (Wildman–Crippen MR) is 122 cm³/mol. The van der Waals surface area contributed by atoms with Gasteiger partial charge in [0.1, 0.15) is 0 Å². The molecule has 30 heavy (non-hydrogen) atoms. The Morgan fingerprint density at radius 1 is 1.00 bits per heavy atom. The number of aliphatic hydroxyl groups is 3. The van der Waals surface area contributed by atoms with E-state index in [4.69, 9.17) is 0 Å². The fraction of sp³-hybridized carbons (Fsp3) is 1.00. The van der Waals surface area contributed by atoms with Crippen LogP contribution in [-0.4, -0.2) is 33.6 Å². The van der Waals surface area contributed by atoms with Crippen molar-refractivity contribution in [3.8, 4) is 0 Å². The Kier molecular flexibility index (Phi) is 6.41. The molecule has 174 valence electrons. The largest absolute Gasteiger partial charge is 0.393 e. The van der Waals surface area contributed by atoms with Gasteiger partial charge in [-0.1, -0.05) is 40.0 Å². The Hall–Kier alpha value is -0.120. The summed E-state index contributed by atoms with van der Waals surface area (Å²) in [5, 5.41) is 30.6. The number of hydrogen-bond donors (Lipinski definition) is 3. The second kappa shape index (κ2) is 8.34. The number of rotatable bonds is 6. The quantitative estimate of drug-likeness (QED) is 0.527. The molecule has 2 unspecified atom stereocenters. The predicted octanol–water partition coefficient (Wildman–Crippen LogP) is 5.56. The van der Waals surface area contributed by atoms with Gasteiger partial charge in [0.15, 0.2) is 0 Å². The molecular weight excluding hydrogens is 372 g/mol. The molecule has 0 aromatic heterocycles. The highest BCUT2D eigenvalue weighted by atomic mass is 16.3. The highest BCUT2D eigenvalue weighted by Gasteiger charge is 2.61. The first kappa shape index (κ1) is 23.1. The van der Waals surface area contributed by atoms with Crippen LogP contribution in [0, 0.1) is 46.3 Å². The Balaban J connectivity index is 1.45. The van der Waals surface area contributed by atoms with E-state index in [9.17, 15) is 15.3 Å². The maximum Gasteiger partial charge on any atom is 0.0849 e. The molecule has 0 amide bonds. The van der Waals surface area contributed by atoms with Crippen molar-refractivity contribution in [2.45, 2.75) is 116 Å². The SMILES string of the molecule is C[C@H](CCCC(C)(O)CO)[C@H]1CC[C@H]2[C@@H]3CCC4CCC[C@H](O)[C@]4(C)[C@H]3CC[C@]12C. The molecular formula is C27H48O3. The number of hydrogen-bond acceptors (Lipinski definition) is 3. The van der Waals surface area contributed by atoms with E-state index in [-0.39, 0.29) is 18.1 Å². The van der Waals surface area contributed by atoms with Crippen molar-refractivity contribution >= 4 is 0 Å². The minimum atomic E-state index is -0.922. The van der Waals surface area contributed by atoms with Crippen molar-refractivity contribution in [3.05, 3.63) is 0 Å². The molecule has 4 rings (SSSR count). The average molecular weight is 421 g/mol. The van der Waals surface area contributed by atoms with Crippen molar-refractivity contribution < 1.29 is 15.3 Å². The molecule has 4 aliphatic carbocycles. The molecule has 0 spiro atoms. The molecule has 4 aliphatic rings. The topological polar surface area (TPSA) is 60.7 Å². The van der Waals surface area contributed by atoms with E-state index in [1.54, 1.807) is 6.92 Å². The van der Waals surface area contributed by atoms with E-state index in [1.807, 2.05) is 0 Å². The summed E-state index contributed by atoms with van der Waals surface area (Å²) in [6.45, 7) is 9.13. The van der Waals surface area contributed by atoms with E-state index in [1.165, 1.54) is 51.4 Å². The van der Waals surface area contributed by atoms with Gasteiger partial charge >= 0.3 is 0 Å². The first-order valence-corrected chi connectivity index (χ1v) is 13.1. The Labute approximate surface area is 185 Å². The molecule has 0 saturated heterocycles. The van der Waals surface area contributed by atoms with E-state index in [2.05, 4.69) is 20.8 Å². The summed E-state index contributed by atoms with van der Waals surface area (Å²) in [6.07, 6.45) is 14.5. The summed E-state index contributed by atoms with van der Waals surface area (Å²) in [6, 6.07) is 0. The zero-order chi connectivity index (χ0) is 21.7. The normalized spacial score (nSPS) is 48.9. The van der Waals surface area contributed by atoms with Gasteiger partial charge < -0.3 is 15.3 Å². The molecule has 10 atom stereocenters. The number of fused-ring (bicyclic) bond motifs is 5. The maximum atomic E-state index is 11.1. The molecule has 0 aliphatic heterocycles. The third-order valence-electron chi connectivity index (χ3n) is 11.2. The fourth-order valence-electron chi connectivity index (χ4n) is 9.37. The molecule has 0 radical (unpaired) electrons. The Morgan fingerprint density at radius 2 is 1.77 bits per heavy atom. The molecule has 3 N–H and O–H groups in total. The minimum Gasteiger partial charge on any atom is -0.393 e. The lowest BCUT2D eigenvalue weighted by molar-refractivity contribution is -0.164. The Bertz CT molecular complexity index is 603. The van der Waals surface area contributed by atoms with Gasteiger partial charge in [-0.25, -0.2) is 0 Å². The third-order valence-corrected chi connectivity index (χ3v) is 11.2. The van der Waals surface area contributed by atoms with Crippen LogP contribution in [0.3, 0.4) is 0 Å². The monoisotopic (exact) mass is 420 g/mol. The second-order valence-corrected chi connectivity index (χ2v) is 12.7. The average Bonchev–Trinajstić information content (AvgIpc) is 3.06. The van der Waals surface area contributed by atoms with Gasteiger partial charge in [-0.3, -0.25) is 0 Å². The van der Waals surface area contributed by atoms with Crippen LogP contribution in [0.15, 0.2) is 0 Å². The summed E-state index contributed by atoms with van der Waals surface area (Å²) in [5.41, 5.74) is -0.292. The zero-order valence-electron chi connectivity index (χ0n) is 20.1. The standard InChI is InChI=1S/C27H48O3/c1-18(7-6-15-25(2,30)17-28)21-12-13-22-20-11-10-19-8-5-9-24(29)27(19,4)23(20)14-16-26(21,22)3/h18-24,28-30H,5-17H2,1-4H3/t18-,19?,20+,21-,22+,23+,24+,25?,26-,27+/m1/s1. The van der Waals surface area contributed by atoms with Gasteiger partial charge in [0.25, 0.3) is 0 Å². The van der Waals surface area contributed by atoms with Crippen LogP contribution in [-0.2, 0) is 0 Å². The molecule has 4 fully saturated rings. The fourth-order valence-corrected chi connectivity index (χ4v) is 9.37. The highest BCUT2D eigenvalue weighted by Crippen LogP contribution is 2.68. The minimum absolute atomic E-state index is 0.0798. The molecule has 0 aromatic carbocycles. The molecule has 0 bridgehead atoms. The summed E-state index contributed by atoms with van der Waals surface area (Å²) in [5.74, 6) is 4.64. The van der Waals surface area contributed by atoms with Gasteiger partial charge in [0.05, 0.1) is 18.3 Å². The molecule has 3 nitrogen and oxygen atoms in total. The molecule has 0 heterocycles. The van der Waals surface area contributed by atoms with E-state index in [0.29, 0.717) is 17.8 Å². The lowest BCUT2D eigenvalue weighted by atomic mass is 9.44. The van der Waals surface area contributed by atoms with Crippen molar-refractivity contribution in [2.75, 3.05) is 6.61 Å². The van der Waals surface area contributed by atoms with Crippen LogP contribution in [0.2, 0.25) is 0 Å². The van der Waals surface area contributed by atoms with Crippen LogP contribution >= 0.6 is 0 Å². The van der Waals surface area contributed by atoms with Gasteiger partial charge in [-0.05, 0) is 111 Å². The van der Waals surface area contributed by atoms with Crippen molar-refractivity contribution in [1.82, 2.24) is 0 Å². The summed E-state index contributed by atoms with van der Waals surface area (Å²) in [7, 11) is 0. The summed E-state index contributed by atoms with van der Waals surface area (Å²) < 4.78 is 0. The first-order valence-electron chi connectivity index (χ1n) is 13.1. The van der Waals surface area contributed by atoms with E-state index in [0.717, 1.165) is 48.9 Å². The lowest BCUT2D eigenvalue weighted by Gasteiger charge is -2.62. The maximum absolute atomic E-state index is 11.1. The van der Waals surface area contributed by atoms with Crippen molar-refractivity contribution in [2.24, 2.45) is 46.3 Å². The molecule has 0 aromatic rings. The highest BCUT2D eigenvalue weighted by molar-refractivity contribution is 5.10. The van der Waals surface area contributed by atoms with E-state index < -0.39 is 5.60 Å². The van der Waals surface area contributed by atoms with Crippen LogP contribution in [0.4, 0.5) is 0 Å². The van der Waals surface area contributed by atoms with Gasteiger partial charge in [-0.15, -0.1) is 0 Å². The van der Waals surface area contributed by atoms with Crippen LogP contribution in [0.25, 0.3) is 0 Å². The van der Waals surface area contributed by atoms with Crippen LogP contribution in [0.5, 0.6) is 0 Å². The van der Waals surface area contributed by atoms with Crippen molar-refractivity contribution in [3.63, 3.8) is 0 Å². The second-order valence-electron chi connectivity index (χ2n) is 12.7. The molecule has 3 heteroatoms. The summed E-state index contributed by atoms with van der Waals surface area (Å²) in [4.78, 5) is 0. The zero-order valence-corrected chi connectivity index (χ0v) is 20.1. The summed E-state index contributed by atoms with van der Waals surface area (Å²) >= 11 is 0. The Morgan fingerprint density at radius 3 is 2.50 bits per heavy atom. The lowest BCUT2D eigenvalue weighted by Crippen LogP contribution is -2.57. The number of aliphatic hydroxyl groups excluding tert-OH is 2. The van der Waals surface area contributed by atoms with E-state index >= 15 is 0 Å². The van der Waals surface area contributed by atoms with Gasteiger partial charge in [-0.2, -0.15) is 0 Å². The first-order chi connectivity index (χ1) is 14.1. The van der Waals surface area contributed by atoms with Gasteiger partial charge in [0.2, 0.25) is 0 Å². The van der Waals surface area contributed by atoms with Crippen LogP contribution < -0.4 is 0 Å². The van der Waals surface area contributed by atoms with Gasteiger partial charge in [0, 0.05) is 0 Å². The smallest absolute Gasteiger partial charge is 0.0849 e. The van der Waals surface area contributed by atoms with Crippen LogP contribution in [0.1, 0.15) is 105 Å². The third kappa shape index (κ3) is 3.69.